The van der Waals surface area contributed by atoms with Crippen molar-refractivity contribution < 1.29 is 0 Å². The van der Waals surface area contributed by atoms with Crippen LogP contribution < -0.4 is 0 Å². The van der Waals surface area contributed by atoms with E-state index >= 15 is 0 Å². The maximum absolute atomic E-state index is 4.76. The Morgan fingerprint density at radius 3 is 2.15 bits per heavy atom. The first kappa shape index (κ1) is 17.4. The van der Waals surface area contributed by atoms with Gasteiger partial charge in [0.25, 0.3) is 0 Å². The van der Waals surface area contributed by atoms with Crippen LogP contribution in [-0.2, 0) is 6.42 Å². The number of hydrogen-bond donors (Lipinski definition) is 0. The van der Waals surface area contributed by atoms with Crippen LogP contribution in [0.25, 0.3) is 21.5 Å². The molecule has 0 spiro atoms. The molecule has 0 N–H and O–H groups in total. The van der Waals surface area contributed by atoms with Crippen LogP contribution in [0.1, 0.15) is 31.7 Å². The number of benzene rings is 4. The summed E-state index contributed by atoms with van der Waals surface area (Å²) in [5, 5.41) is 14.1. The molecule has 0 radical (unpaired) electrons. The molecule has 0 fully saturated rings. The molecule has 0 aromatic heterocycles. The van der Waals surface area contributed by atoms with Crippen LogP contribution in [0.5, 0.6) is 0 Å². The van der Waals surface area contributed by atoms with Gasteiger partial charge in [-0.15, -0.1) is 10.2 Å². The van der Waals surface area contributed by atoms with E-state index in [1.807, 2.05) is 12.1 Å². The van der Waals surface area contributed by atoms with E-state index in [1.54, 1.807) is 0 Å². The smallest absolute Gasteiger partial charge is 0.0967 e. The Morgan fingerprint density at radius 1 is 0.630 bits per heavy atom. The van der Waals surface area contributed by atoms with Gasteiger partial charge >= 0.3 is 0 Å². The van der Waals surface area contributed by atoms with Crippen LogP contribution in [0.3, 0.4) is 0 Å². The Hall–Kier alpha value is -3.00. The second kappa shape index (κ2) is 8.13. The molecule has 0 aliphatic heterocycles. The highest BCUT2D eigenvalue weighted by molar-refractivity contribution is 5.95. The summed E-state index contributed by atoms with van der Waals surface area (Å²) in [4.78, 5) is 0. The normalized spacial score (nSPS) is 11.6. The largest absolute Gasteiger partial charge is 0.150 e. The van der Waals surface area contributed by atoms with Gasteiger partial charge in [-0.3, -0.25) is 0 Å². The fourth-order valence-corrected chi connectivity index (χ4v) is 3.58. The van der Waals surface area contributed by atoms with Crippen molar-refractivity contribution in [1.29, 1.82) is 0 Å². The number of hydrogen-bond acceptors (Lipinski definition) is 2. The van der Waals surface area contributed by atoms with E-state index in [4.69, 9.17) is 5.11 Å². The number of rotatable bonds is 6. The van der Waals surface area contributed by atoms with Crippen molar-refractivity contribution in [1.82, 2.24) is 0 Å². The van der Waals surface area contributed by atoms with Crippen molar-refractivity contribution >= 4 is 32.9 Å². The van der Waals surface area contributed by atoms with Gasteiger partial charge in [-0.05, 0) is 35.2 Å². The third-order valence-corrected chi connectivity index (χ3v) is 5.06. The maximum Gasteiger partial charge on any atom is 0.0967 e. The quantitative estimate of drug-likeness (QED) is 0.247. The predicted octanol–water partition coefficient (Wildman–Crippen LogP) is 8.14. The molecule has 4 aromatic carbocycles. The molecule has 134 valence electrons. The van der Waals surface area contributed by atoms with Crippen molar-refractivity contribution in [3.05, 3.63) is 84.4 Å². The SMILES string of the molecule is CCCCCc1ccc2ccccc2c1N=Nc1cccc2ccccc12. The second-order valence-electron chi connectivity index (χ2n) is 6.95. The van der Waals surface area contributed by atoms with Gasteiger partial charge in [0, 0.05) is 10.8 Å². The lowest BCUT2D eigenvalue weighted by molar-refractivity contribution is 0.718. The maximum atomic E-state index is 4.76. The highest BCUT2D eigenvalue weighted by Gasteiger charge is 2.08. The molecule has 27 heavy (non-hydrogen) atoms. The van der Waals surface area contributed by atoms with Crippen LogP contribution in [0.15, 0.2) is 89.1 Å². The van der Waals surface area contributed by atoms with E-state index in [2.05, 4.69) is 78.8 Å². The second-order valence-corrected chi connectivity index (χ2v) is 6.95. The topological polar surface area (TPSA) is 24.7 Å². The van der Waals surface area contributed by atoms with E-state index in [1.165, 1.54) is 41.0 Å². The third kappa shape index (κ3) is 3.75. The zero-order chi connectivity index (χ0) is 18.5. The highest BCUT2D eigenvalue weighted by Crippen LogP contribution is 2.34. The van der Waals surface area contributed by atoms with Crippen LogP contribution >= 0.6 is 0 Å². The van der Waals surface area contributed by atoms with Crippen molar-refractivity contribution in [3.8, 4) is 0 Å². The van der Waals surface area contributed by atoms with Crippen LogP contribution in [0.4, 0.5) is 11.4 Å². The fourth-order valence-electron chi connectivity index (χ4n) is 3.58. The minimum atomic E-state index is 0.917. The van der Waals surface area contributed by atoms with Gasteiger partial charge in [-0.1, -0.05) is 92.6 Å². The molecule has 2 heteroatoms. The van der Waals surface area contributed by atoms with Crippen LogP contribution in [0.2, 0.25) is 0 Å². The Kier molecular flexibility index (Phi) is 5.24. The summed E-state index contributed by atoms with van der Waals surface area (Å²) < 4.78 is 0. The third-order valence-electron chi connectivity index (χ3n) is 5.06. The van der Waals surface area contributed by atoms with Crippen LogP contribution in [-0.4, -0.2) is 0 Å². The molecule has 0 aliphatic rings. The number of unbranched alkanes of at least 4 members (excludes halogenated alkanes) is 2. The molecule has 4 rings (SSSR count). The Labute approximate surface area is 160 Å². The van der Waals surface area contributed by atoms with Gasteiger partial charge in [0.05, 0.1) is 11.4 Å². The van der Waals surface area contributed by atoms with Gasteiger partial charge in [0.2, 0.25) is 0 Å². The Morgan fingerprint density at radius 2 is 1.33 bits per heavy atom. The van der Waals surface area contributed by atoms with Crippen molar-refractivity contribution in [2.45, 2.75) is 32.6 Å². The molecule has 2 nitrogen and oxygen atoms in total. The van der Waals surface area contributed by atoms with E-state index in [0.717, 1.165) is 23.2 Å². The van der Waals surface area contributed by atoms with E-state index < -0.39 is 0 Å². The summed E-state index contributed by atoms with van der Waals surface area (Å²) in [6.45, 7) is 2.24. The van der Waals surface area contributed by atoms with Gasteiger partial charge in [0.1, 0.15) is 0 Å². The Balaban J connectivity index is 1.79. The molecule has 0 atom stereocenters. The zero-order valence-corrected chi connectivity index (χ0v) is 15.7. The molecule has 0 bridgehead atoms. The lowest BCUT2D eigenvalue weighted by atomic mass is 10.00. The summed E-state index contributed by atoms with van der Waals surface area (Å²) in [6.07, 6.45) is 4.70. The number of fused-ring (bicyclic) bond motifs is 2. The van der Waals surface area contributed by atoms with Crippen molar-refractivity contribution in [2.75, 3.05) is 0 Å². The molecular weight excluding hydrogens is 328 g/mol. The summed E-state index contributed by atoms with van der Waals surface area (Å²) in [5.41, 5.74) is 3.21. The monoisotopic (exact) mass is 352 g/mol. The van der Waals surface area contributed by atoms with Gasteiger partial charge in [-0.2, -0.15) is 0 Å². The molecule has 4 aromatic rings. The molecule has 0 heterocycles. The molecule has 0 saturated heterocycles. The first-order valence-corrected chi connectivity index (χ1v) is 9.77. The average Bonchev–Trinajstić information content (AvgIpc) is 2.73. The summed E-state index contributed by atoms with van der Waals surface area (Å²) >= 11 is 0. The van der Waals surface area contributed by atoms with Gasteiger partial charge < -0.3 is 0 Å². The average molecular weight is 352 g/mol. The van der Waals surface area contributed by atoms with E-state index in [-0.39, 0.29) is 0 Å². The molecule has 0 amide bonds. The van der Waals surface area contributed by atoms with Crippen molar-refractivity contribution in [2.24, 2.45) is 10.2 Å². The van der Waals surface area contributed by atoms with Gasteiger partial charge in [-0.25, -0.2) is 0 Å². The minimum Gasteiger partial charge on any atom is -0.150 e. The Bertz CT molecular complexity index is 1090. The lowest BCUT2D eigenvalue weighted by Gasteiger charge is -2.09. The van der Waals surface area contributed by atoms with Gasteiger partial charge in [0.15, 0.2) is 0 Å². The minimum absolute atomic E-state index is 0.917. The zero-order valence-electron chi connectivity index (χ0n) is 15.7. The van der Waals surface area contributed by atoms with E-state index in [0.29, 0.717) is 0 Å². The molecular formula is C25H24N2. The number of azo groups is 1. The lowest BCUT2D eigenvalue weighted by Crippen LogP contribution is -1.88. The van der Waals surface area contributed by atoms with E-state index in [9.17, 15) is 0 Å². The number of nitrogens with zero attached hydrogens (tertiary/aromatic N) is 2. The van der Waals surface area contributed by atoms with Crippen molar-refractivity contribution in [3.63, 3.8) is 0 Å². The summed E-state index contributed by atoms with van der Waals surface area (Å²) in [6, 6.07) is 27.4. The molecule has 0 unspecified atom stereocenters. The highest BCUT2D eigenvalue weighted by atomic mass is 15.1. The van der Waals surface area contributed by atoms with Crippen LogP contribution in [0, 0.1) is 0 Å². The standard InChI is InChI=1S/C25H24N2/c1-2-3-4-12-21-18-17-20-11-6-8-15-23(20)25(21)27-26-24-16-9-13-19-10-5-7-14-22(19)24/h5-11,13-18H,2-4,12H2,1H3. The first-order chi connectivity index (χ1) is 13.4. The predicted molar refractivity (Wildman–Crippen MR) is 115 cm³/mol. The first-order valence-electron chi connectivity index (χ1n) is 9.77. The summed E-state index contributed by atoms with van der Waals surface area (Å²) in [7, 11) is 0. The fraction of sp³-hybridized carbons (Fsp3) is 0.200. The number of aryl methyl sites for hydroxylation is 1. The summed E-state index contributed by atoms with van der Waals surface area (Å²) in [5.74, 6) is 0. The molecule has 0 saturated carbocycles. The molecule has 0 aliphatic carbocycles.